The maximum atomic E-state index is 12.2. The van der Waals surface area contributed by atoms with Crippen LogP contribution in [0.3, 0.4) is 0 Å². The smallest absolute Gasteiger partial charge is 0.329 e. The lowest BCUT2D eigenvalue weighted by molar-refractivity contribution is 0.0825. The van der Waals surface area contributed by atoms with Crippen LogP contribution in [0.5, 0.6) is 0 Å². The second-order valence-corrected chi connectivity index (χ2v) is 5.52. The van der Waals surface area contributed by atoms with Gasteiger partial charge in [0.15, 0.2) is 11.2 Å². The minimum atomic E-state index is -1.12. The third-order valence-electron chi connectivity index (χ3n) is 3.70. The molecule has 0 saturated heterocycles. The molecule has 11 heteroatoms. The van der Waals surface area contributed by atoms with E-state index in [9.17, 15) is 14.7 Å². The topological polar surface area (TPSA) is 150 Å². The summed E-state index contributed by atoms with van der Waals surface area (Å²) in [5.41, 5.74) is 2.44. The van der Waals surface area contributed by atoms with Gasteiger partial charge in [-0.2, -0.15) is 10.1 Å². The number of imidazole rings is 1. The Balaban J connectivity index is 2.05. The molecule has 0 aliphatic rings. The van der Waals surface area contributed by atoms with Crippen LogP contribution in [0.2, 0.25) is 0 Å². The monoisotopic (exact) mass is 359 g/mol. The Morgan fingerprint density at radius 1 is 1.38 bits per heavy atom. The van der Waals surface area contributed by atoms with E-state index in [0.29, 0.717) is 0 Å². The van der Waals surface area contributed by atoms with E-state index in [0.717, 1.165) is 5.56 Å². The number of rotatable bonds is 6. The van der Waals surface area contributed by atoms with Gasteiger partial charge in [-0.3, -0.25) is 19.3 Å². The first-order valence-electron chi connectivity index (χ1n) is 7.69. The highest BCUT2D eigenvalue weighted by Crippen LogP contribution is 2.16. The molecule has 3 aromatic rings. The molecule has 1 unspecified atom stereocenters. The lowest BCUT2D eigenvalue weighted by Crippen LogP contribution is -2.30. The van der Waals surface area contributed by atoms with E-state index in [1.807, 2.05) is 0 Å². The van der Waals surface area contributed by atoms with Gasteiger partial charge < -0.3 is 14.8 Å². The third-order valence-corrected chi connectivity index (χ3v) is 3.70. The number of hydrazone groups is 1. The predicted molar refractivity (Wildman–Crippen MR) is 94.1 cm³/mol. The second kappa shape index (κ2) is 7.29. The Hall–Kier alpha value is -3.31. The summed E-state index contributed by atoms with van der Waals surface area (Å²) in [7, 11) is 1.46. The summed E-state index contributed by atoms with van der Waals surface area (Å²) in [5, 5.41) is 22.9. The van der Waals surface area contributed by atoms with E-state index >= 15 is 0 Å². The van der Waals surface area contributed by atoms with Gasteiger partial charge in [0, 0.05) is 19.4 Å². The largest absolute Gasteiger partial charge is 0.394 e. The van der Waals surface area contributed by atoms with Crippen molar-refractivity contribution in [1.82, 2.24) is 24.1 Å². The standard InChI is InChI=1S/C15H17N7O4/c1-21-12-11(13(25)19-15(21)26)22(7-10(24)8-23)14(18-12)20-17-6-9-2-4-16-5-3-9/h2-6,10,23-24H,7-8H2,1H3,(H,18,20)(H,19,25,26)/b17-6-. The van der Waals surface area contributed by atoms with Crippen LogP contribution < -0.4 is 16.7 Å². The summed E-state index contributed by atoms with van der Waals surface area (Å²) < 4.78 is 2.54. The Labute approximate surface area is 146 Å². The number of nitrogens with one attached hydrogen (secondary N) is 2. The molecule has 0 amide bonds. The summed E-state index contributed by atoms with van der Waals surface area (Å²) in [6, 6.07) is 3.50. The van der Waals surface area contributed by atoms with E-state index in [1.165, 1.54) is 22.4 Å². The number of H-pyrrole nitrogens is 1. The zero-order chi connectivity index (χ0) is 18.7. The van der Waals surface area contributed by atoms with Crippen LogP contribution in [0.25, 0.3) is 11.2 Å². The minimum absolute atomic E-state index is 0.0845. The fourth-order valence-electron chi connectivity index (χ4n) is 2.38. The van der Waals surface area contributed by atoms with Crippen molar-refractivity contribution >= 4 is 23.3 Å². The molecule has 11 nitrogen and oxygen atoms in total. The minimum Gasteiger partial charge on any atom is -0.394 e. The van der Waals surface area contributed by atoms with E-state index < -0.39 is 24.0 Å². The average molecular weight is 359 g/mol. The fourth-order valence-corrected chi connectivity index (χ4v) is 2.38. The molecular formula is C15H17N7O4. The molecule has 136 valence electrons. The summed E-state index contributed by atoms with van der Waals surface area (Å²) in [4.78, 5) is 34.3. The number of hydrogen-bond donors (Lipinski definition) is 4. The fraction of sp³-hybridized carbons (Fsp3) is 0.267. The number of aromatic amines is 1. The Bertz CT molecular complexity index is 1050. The van der Waals surface area contributed by atoms with Crippen molar-refractivity contribution in [3.8, 4) is 0 Å². The number of anilines is 1. The van der Waals surface area contributed by atoms with Gasteiger partial charge in [0.05, 0.1) is 25.5 Å². The van der Waals surface area contributed by atoms with Gasteiger partial charge in [0.1, 0.15) is 0 Å². The van der Waals surface area contributed by atoms with Crippen LogP contribution in [0.1, 0.15) is 5.56 Å². The van der Waals surface area contributed by atoms with Gasteiger partial charge in [-0.15, -0.1) is 0 Å². The Morgan fingerprint density at radius 3 is 2.81 bits per heavy atom. The van der Waals surface area contributed by atoms with E-state index in [-0.39, 0.29) is 23.7 Å². The van der Waals surface area contributed by atoms with Gasteiger partial charge in [0.25, 0.3) is 5.56 Å². The van der Waals surface area contributed by atoms with Crippen molar-refractivity contribution in [2.75, 3.05) is 12.0 Å². The molecule has 4 N–H and O–H groups in total. The lowest BCUT2D eigenvalue weighted by Gasteiger charge is -2.11. The number of pyridine rings is 1. The lowest BCUT2D eigenvalue weighted by atomic mass is 10.3. The van der Waals surface area contributed by atoms with Gasteiger partial charge in [-0.25, -0.2) is 10.2 Å². The highest BCUT2D eigenvalue weighted by molar-refractivity contribution is 5.80. The first-order chi connectivity index (χ1) is 12.5. The second-order valence-electron chi connectivity index (χ2n) is 5.52. The predicted octanol–water partition coefficient (Wildman–Crippen LogP) is -1.38. The van der Waals surface area contributed by atoms with Crippen LogP contribution in [-0.4, -0.2) is 53.2 Å². The molecular weight excluding hydrogens is 342 g/mol. The number of aliphatic hydroxyl groups excluding tert-OH is 2. The van der Waals surface area contributed by atoms with Crippen LogP contribution in [0.15, 0.2) is 39.2 Å². The zero-order valence-corrected chi connectivity index (χ0v) is 13.8. The van der Waals surface area contributed by atoms with Gasteiger partial charge in [-0.05, 0) is 17.7 Å². The van der Waals surface area contributed by atoms with Gasteiger partial charge >= 0.3 is 5.69 Å². The number of nitrogens with zero attached hydrogens (tertiary/aromatic N) is 5. The molecule has 0 aliphatic heterocycles. The van der Waals surface area contributed by atoms with Gasteiger partial charge in [0.2, 0.25) is 5.95 Å². The van der Waals surface area contributed by atoms with Crippen LogP contribution >= 0.6 is 0 Å². The molecule has 0 fully saturated rings. The number of fused-ring (bicyclic) bond motifs is 1. The summed E-state index contributed by atoms with van der Waals surface area (Å²) >= 11 is 0. The number of aryl methyl sites for hydroxylation is 1. The van der Waals surface area contributed by atoms with Crippen molar-refractivity contribution in [2.24, 2.45) is 12.1 Å². The van der Waals surface area contributed by atoms with E-state index in [1.54, 1.807) is 24.5 Å². The molecule has 1 atom stereocenters. The number of aliphatic hydroxyl groups is 2. The van der Waals surface area contributed by atoms with Crippen molar-refractivity contribution in [1.29, 1.82) is 0 Å². The molecule has 3 heterocycles. The first-order valence-corrected chi connectivity index (χ1v) is 7.69. The van der Waals surface area contributed by atoms with Crippen LogP contribution in [-0.2, 0) is 13.6 Å². The van der Waals surface area contributed by atoms with Crippen molar-refractivity contribution in [2.45, 2.75) is 12.6 Å². The summed E-state index contributed by atoms with van der Waals surface area (Å²) in [6.45, 7) is -0.607. The first kappa shape index (κ1) is 17.5. The maximum Gasteiger partial charge on any atom is 0.329 e. The van der Waals surface area contributed by atoms with Crippen molar-refractivity contribution in [3.05, 3.63) is 50.9 Å². The van der Waals surface area contributed by atoms with E-state index in [2.05, 4.69) is 25.5 Å². The number of aromatic nitrogens is 5. The summed E-state index contributed by atoms with van der Waals surface area (Å²) in [6.07, 6.45) is 3.64. The molecule has 3 rings (SSSR count). The molecule has 0 spiro atoms. The maximum absolute atomic E-state index is 12.2. The quantitative estimate of drug-likeness (QED) is 0.313. The summed E-state index contributed by atoms with van der Waals surface area (Å²) in [5.74, 6) is 0.143. The highest BCUT2D eigenvalue weighted by atomic mass is 16.3. The molecule has 0 aliphatic carbocycles. The van der Waals surface area contributed by atoms with Crippen LogP contribution in [0, 0.1) is 0 Å². The number of hydrogen-bond acceptors (Lipinski definition) is 8. The molecule has 0 aromatic carbocycles. The Kier molecular flexibility index (Phi) is 4.91. The highest BCUT2D eigenvalue weighted by Gasteiger charge is 2.19. The molecule has 0 bridgehead atoms. The van der Waals surface area contributed by atoms with Crippen LogP contribution in [0.4, 0.5) is 5.95 Å². The molecule has 3 aromatic heterocycles. The van der Waals surface area contributed by atoms with Gasteiger partial charge in [-0.1, -0.05) is 0 Å². The Morgan fingerprint density at radius 2 is 2.12 bits per heavy atom. The van der Waals surface area contributed by atoms with Crippen molar-refractivity contribution in [3.63, 3.8) is 0 Å². The van der Waals surface area contributed by atoms with Crippen molar-refractivity contribution < 1.29 is 10.2 Å². The molecule has 0 radical (unpaired) electrons. The third kappa shape index (κ3) is 3.38. The van der Waals surface area contributed by atoms with E-state index in [4.69, 9.17) is 5.11 Å². The zero-order valence-electron chi connectivity index (χ0n) is 13.8. The normalized spacial score (nSPS) is 12.7. The SMILES string of the molecule is Cn1c(=O)[nH]c(=O)c2c1nc(N/N=C\c1ccncc1)n2CC(O)CO. The molecule has 26 heavy (non-hydrogen) atoms. The average Bonchev–Trinajstić information content (AvgIpc) is 2.99. The molecule has 0 saturated carbocycles.